The predicted octanol–water partition coefficient (Wildman–Crippen LogP) is 3.62. The first kappa shape index (κ1) is 22.9. The number of para-hydroxylation sites is 1. The number of ether oxygens (including phenoxy) is 2. The molecule has 0 aromatic heterocycles. The van der Waals surface area contributed by atoms with Gasteiger partial charge in [0.25, 0.3) is 0 Å². The van der Waals surface area contributed by atoms with E-state index in [1.165, 1.54) is 17.0 Å². The van der Waals surface area contributed by atoms with Gasteiger partial charge in [-0.2, -0.15) is 4.31 Å². The summed E-state index contributed by atoms with van der Waals surface area (Å²) < 4.78 is 74.2. The van der Waals surface area contributed by atoms with Crippen LogP contribution in [0.2, 0.25) is 0 Å². The second-order valence-electron chi connectivity index (χ2n) is 6.78. The molecule has 7 nitrogen and oxygen atoms in total. The summed E-state index contributed by atoms with van der Waals surface area (Å²) in [5, 5.41) is 0. The summed E-state index contributed by atoms with van der Waals surface area (Å²) >= 11 is 0. The van der Waals surface area contributed by atoms with E-state index >= 15 is 0 Å². The van der Waals surface area contributed by atoms with Crippen LogP contribution in [0.25, 0.3) is 0 Å². The Labute approximate surface area is 178 Å². The summed E-state index contributed by atoms with van der Waals surface area (Å²) in [5.74, 6) is -0.793. The van der Waals surface area contributed by atoms with Gasteiger partial charge in [0, 0.05) is 26.2 Å². The zero-order chi connectivity index (χ0) is 22.5. The lowest BCUT2D eigenvalue weighted by molar-refractivity contribution is -0.275. The van der Waals surface area contributed by atoms with E-state index in [0.29, 0.717) is 6.42 Å². The molecule has 0 aliphatic carbocycles. The van der Waals surface area contributed by atoms with E-state index in [-0.39, 0.29) is 32.8 Å². The standard InChI is InChI=1S/C20H21F3N2O5S/c21-20(22,23)30-17-9-4-5-10-18(17)31(27,28)25-12-6-11-24(13-14-25)19(26)29-15-16-7-2-1-3-8-16/h1-5,7-10H,6,11-15H2. The van der Waals surface area contributed by atoms with Crippen LogP contribution in [0.5, 0.6) is 5.75 Å². The number of carbonyl (C=O) groups excluding carboxylic acids is 1. The highest BCUT2D eigenvalue weighted by atomic mass is 32.2. The Bertz CT molecular complexity index is 999. The fourth-order valence-corrected chi connectivity index (χ4v) is 4.72. The molecule has 0 radical (unpaired) electrons. The van der Waals surface area contributed by atoms with Crippen LogP contribution in [0, 0.1) is 0 Å². The van der Waals surface area contributed by atoms with E-state index < -0.39 is 33.1 Å². The van der Waals surface area contributed by atoms with Crippen molar-refractivity contribution in [3.63, 3.8) is 0 Å². The number of carbonyl (C=O) groups is 1. The molecule has 0 unspecified atom stereocenters. The van der Waals surface area contributed by atoms with E-state index in [1.807, 2.05) is 30.3 Å². The molecule has 1 aliphatic rings. The van der Waals surface area contributed by atoms with Crippen molar-refractivity contribution in [2.75, 3.05) is 26.2 Å². The summed E-state index contributed by atoms with van der Waals surface area (Å²) in [7, 11) is -4.26. The summed E-state index contributed by atoms with van der Waals surface area (Å²) in [6.45, 7) is 0.365. The van der Waals surface area contributed by atoms with Crippen LogP contribution in [0.1, 0.15) is 12.0 Å². The lowest BCUT2D eigenvalue weighted by Crippen LogP contribution is -2.37. The zero-order valence-corrected chi connectivity index (χ0v) is 17.2. The SMILES string of the molecule is O=C(OCc1ccccc1)N1CCCN(S(=O)(=O)c2ccccc2OC(F)(F)F)CC1. The number of hydrogen-bond donors (Lipinski definition) is 0. The summed E-state index contributed by atoms with van der Waals surface area (Å²) in [5.41, 5.74) is 0.816. The minimum atomic E-state index is -5.02. The van der Waals surface area contributed by atoms with E-state index in [4.69, 9.17) is 4.74 Å². The molecule has 0 saturated carbocycles. The Kier molecular flexibility index (Phi) is 7.06. The molecular weight excluding hydrogens is 437 g/mol. The van der Waals surface area contributed by atoms with Crippen LogP contribution in [-0.4, -0.2) is 56.3 Å². The Morgan fingerprint density at radius 2 is 1.61 bits per heavy atom. The normalized spacial score (nSPS) is 15.9. The molecule has 0 atom stereocenters. The number of amides is 1. The topological polar surface area (TPSA) is 76.2 Å². The van der Waals surface area contributed by atoms with E-state index in [2.05, 4.69) is 4.74 Å². The first-order valence-corrected chi connectivity index (χ1v) is 10.9. The van der Waals surface area contributed by atoms with Crippen molar-refractivity contribution in [2.24, 2.45) is 0 Å². The predicted molar refractivity (Wildman–Crippen MR) is 105 cm³/mol. The molecule has 1 aliphatic heterocycles. The van der Waals surface area contributed by atoms with E-state index in [9.17, 15) is 26.4 Å². The molecule has 1 fully saturated rings. The minimum absolute atomic E-state index is 0.0468. The van der Waals surface area contributed by atoms with Gasteiger partial charge in [-0.1, -0.05) is 42.5 Å². The van der Waals surface area contributed by atoms with Crippen molar-refractivity contribution in [1.29, 1.82) is 0 Å². The van der Waals surface area contributed by atoms with Crippen LogP contribution in [0.15, 0.2) is 59.5 Å². The van der Waals surface area contributed by atoms with E-state index in [0.717, 1.165) is 22.0 Å². The van der Waals surface area contributed by atoms with Gasteiger partial charge in [0.05, 0.1) is 0 Å². The summed E-state index contributed by atoms with van der Waals surface area (Å²) in [6, 6.07) is 13.7. The quantitative estimate of drug-likeness (QED) is 0.684. The molecule has 168 valence electrons. The molecule has 2 aromatic carbocycles. The molecule has 31 heavy (non-hydrogen) atoms. The largest absolute Gasteiger partial charge is 0.573 e. The van der Waals surface area contributed by atoms with Gasteiger partial charge < -0.3 is 14.4 Å². The molecule has 0 bridgehead atoms. The monoisotopic (exact) mass is 458 g/mol. The van der Waals surface area contributed by atoms with Gasteiger partial charge in [0.1, 0.15) is 17.3 Å². The lowest BCUT2D eigenvalue weighted by Gasteiger charge is -2.22. The number of halogens is 3. The highest BCUT2D eigenvalue weighted by Gasteiger charge is 2.36. The van der Waals surface area contributed by atoms with Gasteiger partial charge in [0.15, 0.2) is 0 Å². The van der Waals surface area contributed by atoms with Gasteiger partial charge in [-0.3, -0.25) is 0 Å². The Hall–Kier alpha value is -2.79. The molecule has 0 spiro atoms. The lowest BCUT2D eigenvalue weighted by atomic mass is 10.2. The Balaban J connectivity index is 1.67. The van der Waals surface area contributed by atoms with Crippen molar-refractivity contribution in [1.82, 2.24) is 9.21 Å². The number of alkyl halides is 3. The average Bonchev–Trinajstić information content (AvgIpc) is 2.99. The van der Waals surface area contributed by atoms with Crippen molar-refractivity contribution in [2.45, 2.75) is 24.3 Å². The second-order valence-corrected chi connectivity index (χ2v) is 8.69. The molecule has 1 amide bonds. The maximum atomic E-state index is 13.0. The van der Waals surface area contributed by atoms with Gasteiger partial charge in [-0.05, 0) is 24.1 Å². The van der Waals surface area contributed by atoms with E-state index in [1.54, 1.807) is 0 Å². The summed E-state index contributed by atoms with van der Waals surface area (Å²) in [4.78, 5) is 13.2. The number of benzene rings is 2. The van der Waals surface area contributed by atoms with Crippen molar-refractivity contribution < 1.29 is 35.9 Å². The van der Waals surface area contributed by atoms with Gasteiger partial charge in [-0.25, -0.2) is 13.2 Å². The molecule has 3 rings (SSSR count). The fraction of sp³-hybridized carbons (Fsp3) is 0.350. The fourth-order valence-electron chi connectivity index (χ4n) is 3.14. The number of sulfonamides is 1. The maximum Gasteiger partial charge on any atom is 0.573 e. The maximum absolute atomic E-state index is 13.0. The van der Waals surface area contributed by atoms with Crippen molar-refractivity contribution in [3.8, 4) is 5.75 Å². The Morgan fingerprint density at radius 3 is 2.32 bits per heavy atom. The van der Waals surface area contributed by atoms with Gasteiger partial charge in [0.2, 0.25) is 10.0 Å². The highest BCUT2D eigenvalue weighted by Crippen LogP contribution is 2.31. The molecule has 2 aromatic rings. The van der Waals surface area contributed by atoms with Crippen molar-refractivity contribution >= 4 is 16.1 Å². The van der Waals surface area contributed by atoms with Crippen LogP contribution in [0.4, 0.5) is 18.0 Å². The van der Waals surface area contributed by atoms with Gasteiger partial charge >= 0.3 is 12.5 Å². The first-order chi connectivity index (χ1) is 14.7. The number of nitrogens with zero attached hydrogens (tertiary/aromatic N) is 2. The number of rotatable bonds is 5. The van der Waals surface area contributed by atoms with Gasteiger partial charge in [-0.15, -0.1) is 13.2 Å². The summed E-state index contributed by atoms with van der Waals surface area (Å²) in [6.07, 6.45) is -5.30. The highest BCUT2D eigenvalue weighted by molar-refractivity contribution is 7.89. The second kappa shape index (κ2) is 9.56. The first-order valence-electron chi connectivity index (χ1n) is 9.47. The molecule has 1 heterocycles. The molecule has 1 saturated heterocycles. The van der Waals surface area contributed by atoms with Crippen molar-refractivity contribution in [3.05, 3.63) is 60.2 Å². The van der Waals surface area contributed by atoms with Crippen LogP contribution in [0.3, 0.4) is 0 Å². The number of hydrogen-bond acceptors (Lipinski definition) is 5. The third kappa shape index (κ3) is 6.11. The molecule has 11 heteroatoms. The molecular formula is C20H21F3N2O5S. The third-order valence-electron chi connectivity index (χ3n) is 4.61. The Morgan fingerprint density at radius 1 is 0.935 bits per heavy atom. The van der Waals surface area contributed by atoms with Crippen LogP contribution in [-0.2, 0) is 21.4 Å². The zero-order valence-electron chi connectivity index (χ0n) is 16.4. The van der Waals surface area contributed by atoms with Crippen LogP contribution >= 0.6 is 0 Å². The smallest absolute Gasteiger partial charge is 0.445 e. The third-order valence-corrected chi connectivity index (χ3v) is 6.55. The minimum Gasteiger partial charge on any atom is -0.445 e. The molecule has 0 N–H and O–H groups in total. The van der Waals surface area contributed by atoms with Crippen LogP contribution < -0.4 is 4.74 Å². The average molecular weight is 458 g/mol.